The van der Waals surface area contributed by atoms with Crippen LogP contribution in [0.25, 0.3) is 0 Å². The number of aryl methyl sites for hydroxylation is 2. The highest BCUT2D eigenvalue weighted by Gasteiger charge is 2.22. The van der Waals surface area contributed by atoms with Crippen molar-refractivity contribution in [3.8, 4) is 0 Å². The molecular formula is C12H21N5O. The second kappa shape index (κ2) is 5.29. The fraction of sp³-hybridized carbons (Fsp3) is 0.667. The van der Waals surface area contributed by atoms with Crippen LogP contribution in [-0.2, 0) is 18.3 Å². The number of hydrogen-bond acceptors (Lipinski definition) is 4. The Morgan fingerprint density at radius 2 is 2.28 bits per heavy atom. The Hall–Kier alpha value is -1.72. The smallest absolute Gasteiger partial charge is 0.221 e. The van der Waals surface area contributed by atoms with Crippen molar-refractivity contribution in [2.75, 3.05) is 17.6 Å². The summed E-state index contributed by atoms with van der Waals surface area (Å²) in [7, 11) is 1.85. The van der Waals surface area contributed by atoms with Gasteiger partial charge >= 0.3 is 0 Å². The molecule has 0 spiro atoms. The van der Waals surface area contributed by atoms with E-state index in [1.54, 1.807) is 4.68 Å². The minimum absolute atomic E-state index is 0.0986. The number of anilines is 2. The van der Waals surface area contributed by atoms with Crippen LogP contribution in [0.2, 0.25) is 0 Å². The number of carbonyl (C=O) groups is 1. The van der Waals surface area contributed by atoms with Crippen molar-refractivity contribution in [3.05, 3.63) is 5.69 Å². The molecule has 1 saturated carbocycles. The molecular weight excluding hydrogens is 230 g/mol. The fourth-order valence-corrected chi connectivity index (χ4v) is 1.89. The highest BCUT2D eigenvalue weighted by molar-refractivity contribution is 5.77. The lowest BCUT2D eigenvalue weighted by atomic mass is 10.3. The topological polar surface area (TPSA) is 85.0 Å². The van der Waals surface area contributed by atoms with Crippen LogP contribution in [0, 0.1) is 0 Å². The lowest BCUT2D eigenvalue weighted by Crippen LogP contribution is -2.27. The van der Waals surface area contributed by atoms with Gasteiger partial charge < -0.3 is 16.4 Å². The summed E-state index contributed by atoms with van der Waals surface area (Å²) in [6, 6.07) is 0.422. The zero-order chi connectivity index (χ0) is 13.1. The number of carbonyl (C=O) groups excluding carboxylic acids is 1. The Morgan fingerprint density at radius 3 is 2.83 bits per heavy atom. The molecule has 100 valence electrons. The van der Waals surface area contributed by atoms with Crippen molar-refractivity contribution in [3.63, 3.8) is 0 Å². The van der Waals surface area contributed by atoms with Crippen LogP contribution in [-0.4, -0.2) is 28.3 Å². The summed E-state index contributed by atoms with van der Waals surface area (Å²) in [6.07, 6.45) is 3.51. The monoisotopic (exact) mass is 251 g/mol. The fourth-order valence-electron chi connectivity index (χ4n) is 1.89. The molecule has 0 saturated heterocycles. The second-order valence-corrected chi connectivity index (χ2v) is 4.70. The summed E-state index contributed by atoms with van der Waals surface area (Å²) in [5.41, 5.74) is 7.55. The molecule has 6 heteroatoms. The zero-order valence-corrected chi connectivity index (χ0v) is 11.0. The minimum atomic E-state index is 0.0986. The number of nitrogens with two attached hydrogens (primary N) is 1. The maximum atomic E-state index is 11.5. The number of amides is 1. The predicted molar refractivity (Wildman–Crippen MR) is 71.3 cm³/mol. The Balaban J connectivity index is 1.82. The summed E-state index contributed by atoms with van der Waals surface area (Å²) < 4.78 is 1.73. The number of hydrogen-bond donors (Lipinski definition) is 3. The van der Waals surface area contributed by atoms with Gasteiger partial charge in [0.1, 0.15) is 5.82 Å². The van der Waals surface area contributed by atoms with E-state index in [2.05, 4.69) is 15.7 Å². The van der Waals surface area contributed by atoms with Crippen LogP contribution in [0.4, 0.5) is 11.5 Å². The molecule has 0 unspecified atom stereocenters. The maximum Gasteiger partial charge on any atom is 0.221 e. The average molecular weight is 251 g/mol. The van der Waals surface area contributed by atoms with Crippen molar-refractivity contribution in [2.45, 2.75) is 38.6 Å². The molecule has 1 aliphatic rings. The summed E-state index contributed by atoms with van der Waals surface area (Å²) >= 11 is 0. The summed E-state index contributed by atoms with van der Waals surface area (Å²) in [6.45, 7) is 2.59. The van der Waals surface area contributed by atoms with Crippen LogP contribution >= 0.6 is 0 Å². The molecule has 2 rings (SSSR count). The third kappa shape index (κ3) is 2.94. The van der Waals surface area contributed by atoms with E-state index < -0.39 is 0 Å². The second-order valence-electron chi connectivity index (χ2n) is 4.70. The standard InChI is InChI=1S/C12H21N5O/c1-3-9-11(13)12(17(2)16-9)14-7-6-10(18)15-8-4-5-8/h8,14H,3-7,13H2,1-2H3,(H,15,18). The van der Waals surface area contributed by atoms with Crippen molar-refractivity contribution in [1.29, 1.82) is 0 Å². The first kappa shape index (κ1) is 12.7. The minimum Gasteiger partial charge on any atom is -0.394 e. The molecule has 0 atom stereocenters. The normalized spacial score (nSPS) is 14.6. The van der Waals surface area contributed by atoms with Gasteiger partial charge in [0, 0.05) is 26.1 Å². The number of nitrogens with zero attached hydrogens (tertiary/aromatic N) is 2. The molecule has 0 aromatic carbocycles. The predicted octanol–water partition coefficient (Wildman–Crippen LogP) is 0.645. The Labute approximate surface area is 107 Å². The van der Waals surface area contributed by atoms with Gasteiger partial charge in [-0.05, 0) is 19.3 Å². The van der Waals surface area contributed by atoms with Gasteiger partial charge in [0.15, 0.2) is 0 Å². The molecule has 1 aliphatic carbocycles. The molecule has 1 aromatic heterocycles. The van der Waals surface area contributed by atoms with E-state index in [0.29, 0.717) is 24.7 Å². The quantitative estimate of drug-likeness (QED) is 0.693. The molecule has 4 N–H and O–H groups in total. The Bertz CT molecular complexity index is 436. The van der Waals surface area contributed by atoms with Crippen molar-refractivity contribution in [2.24, 2.45) is 7.05 Å². The molecule has 0 radical (unpaired) electrons. The van der Waals surface area contributed by atoms with E-state index in [9.17, 15) is 4.79 Å². The van der Waals surface area contributed by atoms with E-state index in [1.165, 1.54) is 0 Å². The third-order valence-electron chi connectivity index (χ3n) is 3.08. The average Bonchev–Trinajstić information content (AvgIpc) is 3.09. The van der Waals surface area contributed by atoms with Gasteiger partial charge in [-0.3, -0.25) is 9.48 Å². The van der Waals surface area contributed by atoms with Gasteiger partial charge in [-0.1, -0.05) is 6.92 Å². The molecule has 18 heavy (non-hydrogen) atoms. The Kier molecular flexibility index (Phi) is 3.74. The third-order valence-corrected chi connectivity index (χ3v) is 3.08. The number of nitrogen functional groups attached to an aromatic ring is 1. The molecule has 1 amide bonds. The first-order valence-electron chi connectivity index (χ1n) is 6.46. The lowest BCUT2D eigenvalue weighted by Gasteiger charge is -2.07. The summed E-state index contributed by atoms with van der Waals surface area (Å²) in [4.78, 5) is 11.5. The van der Waals surface area contributed by atoms with Crippen LogP contribution in [0.5, 0.6) is 0 Å². The van der Waals surface area contributed by atoms with E-state index in [4.69, 9.17) is 5.73 Å². The molecule has 0 aliphatic heterocycles. The Morgan fingerprint density at radius 1 is 1.56 bits per heavy atom. The maximum absolute atomic E-state index is 11.5. The van der Waals surface area contributed by atoms with Gasteiger partial charge in [0.25, 0.3) is 0 Å². The van der Waals surface area contributed by atoms with Gasteiger partial charge in [0.2, 0.25) is 5.91 Å². The van der Waals surface area contributed by atoms with Crippen molar-refractivity contribution in [1.82, 2.24) is 15.1 Å². The SMILES string of the molecule is CCc1nn(C)c(NCCC(=O)NC2CC2)c1N. The van der Waals surface area contributed by atoms with Crippen LogP contribution in [0.1, 0.15) is 31.9 Å². The van der Waals surface area contributed by atoms with Gasteiger partial charge in [0.05, 0.1) is 11.4 Å². The molecule has 1 fully saturated rings. The summed E-state index contributed by atoms with van der Waals surface area (Å²) in [5.74, 6) is 0.896. The van der Waals surface area contributed by atoms with Crippen LogP contribution in [0.15, 0.2) is 0 Å². The van der Waals surface area contributed by atoms with Crippen molar-refractivity contribution >= 4 is 17.4 Å². The zero-order valence-electron chi connectivity index (χ0n) is 11.0. The highest BCUT2D eigenvalue weighted by Crippen LogP contribution is 2.22. The molecule has 6 nitrogen and oxygen atoms in total. The van der Waals surface area contributed by atoms with E-state index in [1.807, 2.05) is 14.0 Å². The van der Waals surface area contributed by atoms with E-state index in [0.717, 1.165) is 30.8 Å². The summed E-state index contributed by atoms with van der Waals surface area (Å²) in [5, 5.41) is 10.4. The van der Waals surface area contributed by atoms with Crippen LogP contribution < -0.4 is 16.4 Å². The highest BCUT2D eigenvalue weighted by atomic mass is 16.1. The van der Waals surface area contributed by atoms with Gasteiger partial charge in [-0.2, -0.15) is 5.10 Å². The first-order chi connectivity index (χ1) is 8.61. The van der Waals surface area contributed by atoms with Crippen LogP contribution in [0.3, 0.4) is 0 Å². The number of aromatic nitrogens is 2. The van der Waals surface area contributed by atoms with Crippen molar-refractivity contribution < 1.29 is 4.79 Å². The first-order valence-corrected chi connectivity index (χ1v) is 6.46. The lowest BCUT2D eigenvalue weighted by molar-refractivity contribution is -0.120. The van der Waals surface area contributed by atoms with Gasteiger partial charge in [-0.25, -0.2) is 0 Å². The molecule has 1 heterocycles. The van der Waals surface area contributed by atoms with E-state index >= 15 is 0 Å². The largest absolute Gasteiger partial charge is 0.394 e. The number of rotatable bonds is 6. The molecule has 1 aromatic rings. The molecule has 0 bridgehead atoms. The van der Waals surface area contributed by atoms with Gasteiger partial charge in [-0.15, -0.1) is 0 Å². The number of nitrogens with one attached hydrogen (secondary N) is 2. The van der Waals surface area contributed by atoms with E-state index in [-0.39, 0.29) is 5.91 Å².